The van der Waals surface area contributed by atoms with Crippen LogP contribution in [-0.4, -0.2) is 17.9 Å². The number of para-hydroxylation sites is 1. The van der Waals surface area contributed by atoms with Crippen LogP contribution in [0.5, 0.6) is 0 Å². The summed E-state index contributed by atoms with van der Waals surface area (Å²) >= 11 is 1.61. The van der Waals surface area contributed by atoms with E-state index >= 15 is 0 Å². The Morgan fingerprint density at radius 2 is 2.09 bits per heavy atom. The van der Waals surface area contributed by atoms with Crippen molar-refractivity contribution in [3.8, 4) is 0 Å². The maximum absolute atomic E-state index is 12.5. The fourth-order valence-electron chi connectivity index (χ4n) is 2.92. The summed E-state index contributed by atoms with van der Waals surface area (Å²) in [6, 6.07) is 11.3. The van der Waals surface area contributed by atoms with Crippen molar-refractivity contribution in [3.63, 3.8) is 0 Å². The van der Waals surface area contributed by atoms with Crippen LogP contribution in [0.4, 0.5) is 5.69 Å². The molecule has 5 heteroatoms. The number of nitrogens with zero attached hydrogens (tertiary/aromatic N) is 1. The zero-order valence-electron chi connectivity index (χ0n) is 13.1. The highest BCUT2D eigenvalue weighted by Crippen LogP contribution is 2.28. The normalized spacial score (nSPS) is 15.7. The van der Waals surface area contributed by atoms with Gasteiger partial charge in [-0.05, 0) is 42.8 Å². The van der Waals surface area contributed by atoms with E-state index in [1.807, 2.05) is 41.8 Å². The number of aryl methyl sites for hydroxylation is 1. The van der Waals surface area contributed by atoms with Crippen molar-refractivity contribution in [1.29, 1.82) is 0 Å². The second-order valence-corrected chi connectivity index (χ2v) is 6.75. The van der Waals surface area contributed by atoms with E-state index in [0.29, 0.717) is 13.0 Å². The summed E-state index contributed by atoms with van der Waals surface area (Å²) in [7, 11) is 0. The van der Waals surface area contributed by atoms with Crippen molar-refractivity contribution in [3.05, 3.63) is 52.2 Å². The molecule has 0 saturated carbocycles. The second kappa shape index (κ2) is 6.96. The first-order chi connectivity index (χ1) is 11.2. The van der Waals surface area contributed by atoms with E-state index < -0.39 is 6.04 Å². The van der Waals surface area contributed by atoms with Crippen LogP contribution in [0.15, 0.2) is 41.8 Å². The van der Waals surface area contributed by atoms with Crippen LogP contribution in [0.3, 0.4) is 0 Å². The Balaban J connectivity index is 1.78. The molecule has 4 nitrogen and oxygen atoms in total. The molecule has 0 bridgehead atoms. The Morgan fingerprint density at radius 1 is 1.26 bits per heavy atom. The van der Waals surface area contributed by atoms with Crippen LogP contribution in [0.1, 0.15) is 30.2 Å². The lowest BCUT2D eigenvalue weighted by Crippen LogP contribution is -2.48. The molecule has 0 aliphatic carbocycles. The molecule has 0 radical (unpaired) electrons. The number of benzene rings is 1. The highest BCUT2D eigenvalue weighted by molar-refractivity contribution is 7.09. The number of hydrogen-bond acceptors (Lipinski definition) is 3. The number of fused-ring (bicyclic) bond motifs is 1. The number of amides is 2. The molecule has 1 aliphatic rings. The fourth-order valence-corrected chi connectivity index (χ4v) is 3.56. The third kappa shape index (κ3) is 3.45. The molecule has 0 unspecified atom stereocenters. The molecule has 1 atom stereocenters. The predicted molar refractivity (Wildman–Crippen MR) is 92.5 cm³/mol. The molecule has 0 fully saturated rings. The minimum absolute atomic E-state index is 0.0220. The zero-order chi connectivity index (χ0) is 16.2. The average Bonchev–Trinajstić information content (AvgIpc) is 3.01. The molecule has 120 valence electrons. The number of thiophene rings is 1. The summed E-state index contributed by atoms with van der Waals surface area (Å²) < 4.78 is 0. The highest BCUT2D eigenvalue weighted by Gasteiger charge is 2.30. The third-order valence-electron chi connectivity index (χ3n) is 4.14. The summed E-state index contributed by atoms with van der Waals surface area (Å²) in [4.78, 5) is 27.8. The molecule has 1 N–H and O–H groups in total. The van der Waals surface area contributed by atoms with Gasteiger partial charge in [-0.1, -0.05) is 24.3 Å². The van der Waals surface area contributed by atoms with E-state index in [1.165, 1.54) is 0 Å². The Morgan fingerprint density at radius 3 is 2.87 bits per heavy atom. The minimum Gasteiger partial charge on any atom is -0.349 e. The van der Waals surface area contributed by atoms with E-state index in [0.717, 1.165) is 29.0 Å². The molecule has 2 amide bonds. The van der Waals surface area contributed by atoms with Gasteiger partial charge in [-0.2, -0.15) is 0 Å². The number of nitrogens with one attached hydrogen (secondary N) is 1. The van der Waals surface area contributed by atoms with Gasteiger partial charge in [-0.15, -0.1) is 11.3 Å². The lowest BCUT2D eigenvalue weighted by Gasteiger charge is -2.28. The Kier molecular flexibility index (Phi) is 4.76. The van der Waals surface area contributed by atoms with Crippen LogP contribution >= 0.6 is 11.3 Å². The number of hydrogen-bond donors (Lipinski definition) is 1. The number of carbonyl (C=O) groups excluding carboxylic acids is 2. The van der Waals surface area contributed by atoms with Crippen LogP contribution in [0, 0.1) is 0 Å². The molecule has 1 aromatic carbocycles. The predicted octanol–water partition coefficient (Wildman–Crippen LogP) is 3.12. The fraction of sp³-hybridized carbons (Fsp3) is 0.333. The molecule has 3 rings (SSSR count). The second-order valence-electron chi connectivity index (χ2n) is 5.72. The molecular weight excluding hydrogens is 308 g/mol. The van der Waals surface area contributed by atoms with Gasteiger partial charge >= 0.3 is 0 Å². The number of rotatable bonds is 4. The van der Waals surface area contributed by atoms with Gasteiger partial charge in [0.25, 0.3) is 0 Å². The molecule has 1 aliphatic heterocycles. The maximum atomic E-state index is 12.5. The van der Waals surface area contributed by atoms with Crippen molar-refractivity contribution in [1.82, 2.24) is 5.32 Å². The lowest BCUT2D eigenvalue weighted by molar-refractivity contribution is -0.126. The van der Waals surface area contributed by atoms with Gasteiger partial charge in [0.15, 0.2) is 0 Å². The molecule has 0 spiro atoms. The summed E-state index contributed by atoms with van der Waals surface area (Å²) in [6.45, 7) is 2.30. The van der Waals surface area contributed by atoms with Gasteiger partial charge in [0.05, 0.1) is 6.54 Å². The van der Waals surface area contributed by atoms with Crippen molar-refractivity contribution >= 4 is 28.8 Å². The quantitative estimate of drug-likeness (QED) is 0.937. The Bertz CT molecular complexity index is 697. The van der Waals surface area contributed by atoms with E-state index in [4.69, 9.17) is 0 Å². The monoisotopic (exact) mass is 328 g/mol. The number of carbonyl (C=O) groups is 2. The summed E-state index contributed by atoms with van der Waals surface area (Å²) in [5.74, 6) is -0.0998. The van der Waals surface area contributed by atoms with Crippen molar-refractivity contribution in [2.24, 2.45) is 0 Å². The maximum Gasteiger partial charge on any atom is 0.243 e. The van der Waals surface area contributed by atoms with Crippen LogP contribution in [-0.2, 0) is 22.6 Å². The zero-order valence-corrected chi connectivity index (χ0v) is 13.9. The van der Waals surface area contributed by atoms with Crippen molar-refractivity contribution in [2.45, 2.75) is 38.8 Å². The van der Waals surface area contributed by atoms with Gasteiger partial charge in [0, 0.05) is 17.0 Å². The van der Waals surface area contributed by atoms with E-state index in [1.54, 1.807) is 23.2 Å². The van der Waals surface area contributed by atoms with Crippen LogP contribution in [0.25, 0.3) is 0 Å². The first kappa shape index (κ1) is 15.7. The highest BCUT2D eigenvalue weighted by atomic mass is 32.1. The average molecular weight is 328 g/mol. The first-order valence-corrected chi connectivity index (χ1v) is 8.75. The topological polar surface area (TPSA) is 49.4 Å². The minimum atomic E-state index is -0.512. The standard InChI is InChI=1S/C18H20N2O2S/c1-13(18(22)19-12-15-8-5-11-23-15)20-16-9-3-2-6-14(16)7-4-10-17(20)21/h2-3,5-6,8-9,11,13H,4,7,10,12H2,1H3,(H,19,22)/t13-/m1/s1. The van der Waals surface area contributed by atoms with Gasteiger partial charge in [-0.25, -0.2) is 0 Å². The van der Waals surface area contributed by atoms with Gasteiger partial charge in [-0.3, -0.25) is 14.5 Å². The molecule has 1 aromatic heterocycles. The van der Waals surface area contributed by atoms with Gasteiger partial charge < -0.3 is 5.32 Å². The SMILES string of the molecule is C[C@H](C(=O)NCc1cccs1)N1C(=O)CCCc2ccccc21. The van der Waals surface area contributed by atoms with E-state index in [-0.39, 0.29) is 11.8 Å². The third-order valence-corrected chi connectivity index (χ3v) is 5.02. The molecule has 2 aromatic rings. The molecule has 0 saturated heterocycles. The van der Waals surface area contributed by atoms with E-state index in [9.17, 15) is 9.59 Å². The lowest BCUT2D eigenvalue weighted by atomic mass is 10.1. The summed E-state index contributed by atoms with van der Waals surface area (Å²) in [5, 5.41) is 4.92. The Labute approximate surface area is 140 Å². The summed E-state index contributed by atoms with van der Waals surface area (Å²) in [6.07, 6.45) is 2.19. The summed E-state index contributed by atoms with van der Waals surface area (Å²) in [5.41, 5.74) is 2.00. The largest absolute Gasteiger partial charge is 0.349 e. The van der Waals surface area contributed by atoms with Crippen molar-refractivity contribution in [2.75, 3.05) is 4.90 Å². The Hall–Kier alpha value is -2.14. The van der Waals surface area contributed by atoms with Crippen LogP contribution in [0.2, 0.25) is 0 Å². The van der Waals surface area contributed by atoms with Crippen LogP contribution < -0.4 is 10.2 Å². The van der Waals surface area contributed by atoms with Crippen molar-refractivity contribution < 1.29 is 9.59 Å². The first-order valence-electron chi connectivity index (χ1n) is 7.87. The molecule has 2 heterocycles. The molecule has 23 heavy (non-hydrogen) atoms. The van der Waals surface area contributed by atoms with Gasteiger partial charge in [0.1, 0.15) is 6.04 Å². The number of anilines is 1. The van der Waals surface area contributed by atoms with Gasteiger partial charge in [0.2, 0.25) is 11.8 Å². The van der Waals surface area contributed by atoms with E-state index in [2.05, 4.69) is 5.32 Å². The smallest absolute Gasteiger partial charge is 0.243 e. The molecular formula is C18H20N2O2S.